The molecule has 0 N–H and O–H groups in total. The predicted molar refractivity (Wildman–Crippen MR) is 118 cm³/mol. The summed E-state index contributed by atoms with van der Waals surface area (Å²) in [5.41, 5.74) is 2.24. The van der Waals surface area contributed by atoms with Gasteiger partial charge in [0.25, 0.3) is 0 Å². The molecule has 0 unspecified atom stereocenters. The minimum atomic E-state index is -0.447. The third-order valence-corrected chi connectivity index (χ3v) is 6.08. The molecule has 4 nitrogen and oxygen atoms in total. The van der Waals surface area contributed by atoms with Crippen LogP contribution in [-0.2, 0) is 17.8 Å². The first kappa shape index (κ1) is 18.8. The third-order valence-electron chi connectivity index (χ3n) is 5.73. The standard InChI is InChI=1S/C24H18ClFN2O2/c25-18-11-12-19(26)23-15(18)8-5-13-27(23)22(29)14-28-20-9-3-1-6-16(20)24(30)17-7-2-4-10-21(17)28/h1-4,6-7,9-12H,5,8,13-14H2. The van der Waals surface area contributed by atoms with Crippen molar-refractivity contribution in [2.75, 3.05) is 11.4 Å². The SMILES string of the molecule is O=C(Cn1c2ccccc2c(=O)c2ccccc21)N1CCCc2c(Cl)ccc(F)c21. The minimum Gasteiger partial charge on any atom is -0.331 e. The number of fused-ring (bicyclic) bond motifs is 3. The zero-order valence-corrected chi connectivity index (χ0v) is 16.8. The van der Waals surface area contributed by atoms with Crippen LogP contribution in [0.2, 0.25) is 5.02 Å². The van der Waals surface area contributed by atoms with Gasteiger partial charge in [0.15, 0.2) is 5.43 Å². The number of amides is 1. The van der Waals surface area contributed by atoms with Crippen LogP contribution in [0, 0.1) is 5.82 Å². The minimum absolute atomic E-state index is 0.00724. The van der Waals surface area contributed by atoms with E-state index in [-0.39, 0.29) is 23.6 Å². The molecule has 0 saturated carbocycles. The number of anilines is 1. The Balaban J connectivity index is 1.66. The highest BCUT2D eigenvalue weighted by atomic mass is 35.5. The summed E-state index contributed by atoms with van der Waals surface area (Å²) in [5.74, 6) is -0.687. The molecule has 0 fully saturated rings. The zero-order chi connectivity index (χ0) is 20.8. The average Bonchev–Trinajstić information content (AvgIpc) is 2.78. The summed E-state index contributed by atoms with van der Waals surface area (Å²) >= 11 is 6.27. The Labute approximate surface area is 177 Å². The molecule has 0 atom stereocenters. The van der Waals surface area contributed by atoms with Crippen LogP contribution in [0.15, 0.2) is 65.5 Å². The largest absolute Gasteiger partial charge is 0.331 e. The van der Waals surface area contributed by atoms with Gasteiger partial charge >= 0.3 is 0 Å². The maximum Gasteiger partial charge on any atom is 0.247 e. The molecule has 0 radical (unpaired) electrons. The third kappa shape index (κ3) is 2.89. The van der Waals surface area contributed by atoms with Gasteiger partial charge in [0.1, 0.15) is 12.4 Å². The van der Waals surface area contributed by atoms with Crippen LogP contribution in [0.4, 0.5) is 10.1 Å². The van der Waals surface area contributed by atoms with Crippen molar-refractivity contribution >= 4 is 45.0 Å². The van der Waals surface area contributed by atoms with E-state index < -0.39 is 5.82 Å². The molecule has 0 aliphatic carbocycles. The van der Waals surface area contributed by atoms with Crippen LogP contribution in [0.5, 0.6) is 0 Å². The van der Waals surface area contributed by atoms with Gasteiger partial charge in [-0.3, -0.25) is 9.59 Å². The summed E-state index contributed by atoms with van der Waals surface area (Å²) in [5, 5.41) is 1.58. The van der Waals surface area contributed by atoms with E-state index in [2.05, 4.69) is 0 Å². The predicted octanol–water partition coefficient (Wildman–Crippen LogP) is 4.93. The molecule has 3 aromatic carbocycles. The number of hydrogen-bond donors (Lipinski definition) is 0. The quantitative estimate of drug-likeness (QED) is 0.432. The molecule has 0 spiro atoms. The van der Waals surface area contributed by atoms with E-state index in [0.29, 0.717) is 51.8 Å². The molecular weight excluding hydrogens is 403 g/mol. The second-order valence-electron chi connectivity index (χ2n) is 7.45. The molecule has 1 aromatic heterocycles. The van der Waals surface area contributed by atoms with Crippen LogP contribution >= 0.6 is 11.6 Å². The number of nitrogens with zero attached hydrogens (tertiary/aromatic N) is 2. The van der Waals surface area contributed by atoms with Gasteiger partial charge in [0.05, 0.1) is 16.7 Å². The fourth-order valence-corrected chi connectivity index (χ4v) is 4.60. The Bertz CT molecular complexity index is 1320. The van der Waals surface area contributed by atoms with Gasteiger partial charge in [-0.15, -0.1) is 0 Å². The first-order valence-corrected chi connectivity index (χ1v) is 10.2. The Hall–Kier alpha value is -3.18. The Morgan fingerprint density at radius 3 is 2.27 bits per heavy atom. The van der Waals surface area contributed by atoms with E-state index in [1.807, 2.05) is 41.0 Å². The summed E-state index contributed by atoms with van der Waals surface area (Å²) in [6.45, 7) is 0.422. The van der Waals surface area contributed by atoms with Crippen molar-refractivity contribution < 1.29 is 9.18 Å². The Morgan fingerprint density at radius 1 is 0.967 bits per heavy atom. The molecule has 1 aliphatic heterocycles. The number of hydrogen-bond acceptors (Lipinski definition) is 2. The van der Waals surface area contributed by atoms with Crippen LogP contribution in [0.25, 0.3) is 21.8 Å². The summed E-state index contributed by atoms with van der Waals surface area (Å²) in [6.07, 6.45) is 1.35. The van der Waals surface area contributed by atoms with Crippen LogP contribution in [0.3, 0.4) is 0 Å². The van der Waals surface area contributed by atoms with E-state index >= 15 is 0 Å². The molecule has 30 heavy (non-hydrogen) atoms. The number of aromatic nitrogens is 1. The Kier molecular flexibility index (Phi) is 4.55. The van der Waals surface area contributed by atoms with E-state index in [4.69, 9.17) is 11.6 Å². The lowest BCUT2D eigenvalue weighted by molar-refractivity contribution is -0.119. The number of benzene rings is 3. The second-order valence-corrected chi connectivity index (χ2v) is 7.86. The van der Waals surface area contributed by atoms with Crippen LogP contribution < -0.4 is 10.3 Å². The van der Waals surface area contributed by atoms with Crippen molar-refractivity contribution in [2.24, 2.45) is 0 Å². The molecule has 2 heterocycles. The van der Waals surface area contributed by atoms with E-state index in [1.54, 1.807) is 12.1 Å². The van der Waals surface area contributed by atoms with E-state index in [9.17, 15) is 14.0 Å². The number of carbonyl (C=O) groups excluding carboxylic acids is 1. The molecule has 0 saturated heterocycles. The smallest absolute Gasteiger partial charge is 0.247 e. The summed E-state index contributed by atoms with van der Waals surface area (Å²) < 4.78 is 16.5. The molecule has 1 amide bonds. The Morgan fingerprint density at radius 2 is 1.60 bits per heavy atom. The van der Waals surface area contributed by atoms with Gasteiger partial charge in [0, 0.05) is 22.3 Å². The molecule has 1 aliphatic rings. The van der Waals surface area contributed by atoms with Gasteiger partial charge in [-0.05, 0) is 54.8 Å². The maximum absolute atomic E-state index is 14.7. The number of para-hydroxylation sites is 2. The van der Waals surface area contributed by atoms with Crippen molar-refractivity contribution in [3.8, 4) is 0 Å². The monoisotopic (exact) mass is 420 g/mol. The molecule has 4 aromatic rings. The number of halogens is 2. The van der Waals surface area contributed by atoms with Gasteiger partial charge in [0.2, 0.25) is 5.91 Å². The first-order chi connectivity index (χ1) is 14.6. The molecule has 0 bridgehead atoms. The lowest BCUT2D eigenvalue weighted by atomic mass is 10.0. The van der Waals surface area contributed by atoms with Crippen LogP contribution in [-0.4, -0.2) is 17.0 Å². The normalized spacial score (nSPS) is 13.6. The van der Waals surface area contributed by atoms with Crippen LogP contribution in [0.1, 0.15) is 12.0 Å². The average molecular weight is 421 g/mol. The highest BCUT2D eigenvalue weighted by Gasteiger charge is 2.28. The van der Waals surface area contributed by atoms with Crippen molar-refractivity contribution in [3.05, 3.63) is 87.3 Å². The lowest BCUT2D eigenvalue weighted by Gasteiger charge is -2.31. The van der Waals surface area contributed by atoms with Crippen molar-refractivity contribution in [3.63, 3.8) is 0 Å². The highest BCUT2D eigenvalue weighted by molar-refractivity contribution is 6.32. The molecule has 5 rings (SSSR count). The fraction of sp³-hybridized carbons (Fsp3) is 0.167. The van der Waals surface area contributed by atoms with Gasteiger partial charge in [-0.25, -0.2) is 4.39 Å². The molecule has 150 valence electrons. The number of rotatable bonds is 2. The topological polar surface area (TPSA) is 42.3 Å². The first-order valence-electron chi connectivity index (χ1n) is 9.84. The summed E-state index contributed by atoms with van der Waals surface area (Å²) in [4.78, 5) is 27.8. The van der Waals surface area contributed by atoms with Crippen molar-refractivity contribution in [1.82, 2.24) is 4.57 Å². The fourth-order valence-electron chi connectivity index (χ4n) is 4.36. The van der Waals surface area contributed by atoms with Crippen molar-refractivity contribution in [2.45, 2.75) is 19.4 Å². The molecule has 6 heteroatoms. The highest BCUT2D eigenvalue weighted by Crippen LogP contribution is 2.35. The summed E-state index contributed by atoms with van der Waals surface area (Å²) in [7, 11) is 0. The van der Waals surface area contributed by atoms with Gasteiger partial charge < -0.3 is 9.47 Å². The lowest BCUT2D eigenvalue weighted by Crippen LogP contribution is -2.38. The summed E-state index contributed by atoms with van der Waals surface area (Å²) in [6, 6.07) is 17.3. The van der Waals surface area contributed by atoms with Crippen molar-refractivity contribution in [1.29, 1.82) is 0 Å². The van der Waals surface area contributed by atoms with Gasteiger partial charge in [-0.1, -0.05) is 35.9 Å². The van der Waals surface area contributed by atoms with E-state index in [0.717, 1.165) is 0 Å². The van der Waals surface area contributed by atoms with E-state index in [1.165, 1.54) is 17.0 Å². The zero-order valence-electron chi connectivity index (χ0n) is 16.1. The number of carbonyl (C=O) groups is 1. The number of pyridine rings is 1. The van der Waals surface area contributed by atoms with Gasteiger partial charge in [-0.2, -0.15) is 0 Å². The second kappa shape index (κ2) is 7.26. The maximum atomic E-state index is 14.7. The molecular formula is C24H18ClFN2O2.